The summed E-state index contributed by atoms with van der Waals surface area (Å²) < 4.78 is 22.8. The van der Waals surface area contributed by atoms with Crippen LogP contribution in [-0.4, -0.2) is 18.6 Å². The summed E-state index contributed by atoms with van der Waals surface area (Å²) in [6.07, 6.45) is 0. The van der Waals surface area contributed by atoms with Gasteiger partial charge in [-0.1, -0.05) is 54.1 Å². The average molecular weight is 390 g/mol. The van der Waals surface area contributed by atoms with Crippen molar-refractivity contribution >= 4 is 32.3 Å². The van der Waals surface area contributed by atoms with Crippen molar-refractivity contribution in [2.45, 2.75) is 11.8 Å². The molecular formula is C21H18N4O2S. The van der Waals surface area contributed by atoms with Gasteiger partial charge in [-0.05, 0) is 31.2 Å². The second kappa shape index (κ2) is 7.03. The van der Waals surface area contributed by atoms with E-state index >= 15 is 0 Å². The van der Waals surface area contributed by atoms with Crippen molar-refractivity contribution < 1.29 is 8.42 Å². The molecule has 0 amide bonds. The van der Waals surface area contributed by atoms with Crippen LogP contribution in [0, 0.1) is 6.92 Å². The maximum atomic E-state index is 11.4. The highest BCUT2D eigenvalue weighted by Gasteiger charge is 2.12. The third-order valence-corrected chi connectivity index (χ3v) is 5.39. The van der Waals surface area contributed by atoms with Crippen molar-refractivity contribution in [2.75, 3.05) is 5.32 Å². The Hall–Kier alpha value is -3.29. The number of hydrogen-bond donors (Lipinski definition) is 2. The minimum absolute atomic E-state index is 0.0590. The summed E-state index contributed by atoms with van der Waals surface area (Å²) in [7, 11) is -3.72. The zero-order valence-corrected chi connectivity index (χ0v) is 15.9. The van der Waals surface area contributed by atoms with Crippen LogP contribution in [-0.2, 0) is 10.0 Å². The number of nitrogens with two attached hydrogens (primary N) is 1. The smallest absolute Gasteiger partial charge is 0.238 e. The molecule has 3 N–H and O–H groups in total. The molecule has 28 heavy (non-hydrogen) atoms. The molecule has 7 heteroatoms. The lowest BCUT2D eigenvalue weighted by Crippen LogP contribution is -2.11. The summed E-state index contributed by atoms with van der Waals surface area (Å²) in [6, 6.07) is 22.2. The standard InChI is InChI=1S/C21H18N4O2S/c1-14-6-8-15(9-7-14)20-18-4-2-3-5-19(18)21(25-24-20)23-16-10-12-17(13-11-16)28(22,26)27/h2-13H,1H3,(H,23,25)(H2,22,26,27). The first-order valence-corrected chi connectivity index (χ1v) is 10.2. The number of aryl methyl sites for hydroxylation is 1. The number of anilines is 2. The van der Waals surface area contributed by atoms with Gasteiger partial charge in [-0.15, -0.1) is 10.2 Å². The van der Waals surface area contributed by atoms with Crippen molar-refractivity contribution in [1.29, 1.82) is 0 Å². The van der Waals surface area contributed by atoms with Gasteiger partial charge in [-0.3, -0.25) is 0 Å². The summed E-state index contributed by atoms with van der Waals surface area (Å²) in [5, 5.41) is 19.0. The van der Waals surface area contributed by atoms with E-state index in [0.29, 0.717) is 11.5 Å². The van der Waals surface area contributed by atoms with Crippen molar-refractivity contribution in [2.24, 2.45) is 5.14 Å². The summed E-state index contributed by atoms with van der Waals surface area (Å²) in [4.78, 5) is 0.0590. The number of fused-ring (bicyclic) bond motifs is 1. The molecule has 6 nitrogen and oxygen atoms in total. The van der Waals surface area contributed by atoms with E-state index in [1.54, 1.807) is 12.1 Å². The fourth-order valence-corrected chi connectivity index (χ4v) is 3.50. The number of sulfonamides is 1. The van der Waals surface area contributed by atoms with Crippen LogP contribution in [0.1, 0.15) is 5.56 Å². The molecule has 1 aromatic heterocycles. The summed E-state index contributed by atoms with van der Waals surface area (Å²) in [5.41, 5.74) is 3.68. The van der Waals surface area contributed by atoms with Crippen LogP contribution in [0.25, 0.3) is 22.0 Å². The Bertz CT molecular complexity index is 1250. The van der Waals surface area contributed by atoms with Gasteiger partial charge in [0.25, 0.3) is 0 Å². The predicted octanol–water partition coefficient (Wildman–Crippen LogP) is 4.00. The molecule has 1 heterocycles. The molecule has 3 aromatic carbocycles. The van der Waals surface area contributed by atoms with E-state index in [9.17, 15) is 8.42 Å². The van der Waals surface area contributed by atoms with Gasteiger partial charge < -0.3 is 5.32 Å². The van der Waals surface area contributed by atoms with E-state index in [1.807, 2.05) is 55.5 Å². The van der Waals surface area contributed by atoms with Crippen LogP contribution in [0.15, 0.2) is 77.7 Å². The molecule has 4 rings (SSSR count). The molecule has 0 unspecified atom stereocenters. The Morgan fingerprint density at radius 2 is 1.46 bits per heavy atom. The van der Waals surface area contributed by atoms with E-state index in [4.69, 9.17) is 5.14 Å². The predicted molar refractivity (Wildman–Crippen MR) is 111 cm³/mol. The third-order valence-electron chi connectivity index (χ3n) is 4.46. The number of rotatable bonds is 4. The highest BCUT2D eigenvalue weighted by molar-refractivity contribution is 7.89. The van der Waals surface area contributed by atoms with Crippen molar-refractivity contribution in [1.82, 2.24) is 10.2 Å². The molecule has 0 aliphatic carbocycles. The van der Waals surface area contributed by atoms with Gasteiger partial charge >= 0.3 is 0 Å². The minimum atomic E-state index is -3.72. The summed E-state index contributed by atoms with van der Waals surface area (Å²) in [6.45, 7) is 2.04. The molecule has 4 aromatic rings. The second-order valence-electron chi connectivity index (χ2n) is 6.50. The highest BCUT2D eigenvalue weighted by Crippen LogP contribution is 2.31. The molecule has 0 saturated heterocycles. The molecule has 140 valence electrons. The molecule has 0 spiro atoms. The number of primary sulfonamides is 1. The minimum Gasteiger partial charge on any atom is -0.338 e. The lowest BCUT2D eigenvalue weighted by molar-refractivity contribution is 0.598. The van der Waals surface area contributed by atoms with Gasteiger partial charge in [0.1, 0.15) is 5.69 Å². The third kappa shape index (κ3) is 3.58. The lowest BCUT2D eigenvalue weighted by atomic mass is 10.0. The molecule has 0 radical (unpaired) electrons. The first-order chi connectivity index (χ1) is 13.4. The van der Waals surface area contributed by atoms with E-state index in [1.165, 1.54) is 17.7 Å². The van der Waals surface area contributed by atoms with Gasteiger partial charge in [0.05, 0.1) is 4.90 Å². The fourth-order valence-electron chi connectivity index (χ4n) is 2.99. The molecular weight excluding hydrogens is 372 g/mol. The Morgan fingerprint density at radius 3 is 2.11 bits per heavy atom. The summed E-state index contributed by atoms with van der Waals surface area (Å²) in [5.74, 6) is 0.592. The largest absolute Gasteiger partial charge is 0.338 e. The molecule has 0 saturated carbocycles. The first kappa shape index (κ1) is 18.1. The van der Waals surface area contributed by atoms with E-state index in [-0.39, 0.29) is 4.90 Å². The van der Waals surface area contributed by atoms with Crippen LogP contribution in [0.2, 0.25) is 0 Å². The number of hydrogen-bond acceptors (Lipinski definition) is 5. The second-order valence-corrected chi connectivity index (χ2v) is 8.06. The number of benzene rings is 3. The SMILES string of the molecule is Cc1ccc(-c2nnc(Nc3ccc(S(N)(=O)=O)cc3)c3ccccc23)cc1. The average Bonchev–Trinajstić information content (AvgIpc) is 2.69. The Morgan fingerprint density at radius 1 is 0.821 bits per heavy atom. The monoisotopic (exact) mass is 390 g/mol. The topological polar surface area (TPSA) is 98.0 Å². The fraction of sp³-hybridized carbons (Fsp3) is 0.0476. The van der Waals surface area contributed by atoms with E-state index < -0.39 is 10.0 Å². The number of aromatic nitrogens is 2. The zero-order chi connectivity index (χ0) is 19.7. The van der Waals surface area contributed by atoms with E-state index in [2.05, 4.69) is 15.5 Å². The van der Waals surface area contributed by atoms with Gasteiger partial charge in [0.15, 0.2) is 5.82 Å². The van der Waals surface area contributed by atoms with Crippen LogP contribution in [0.5, 0.6) is 0 Å². The maximum Gasteiger partial charge on any atom is 0.238 e. The lowest BCUT2D eigenvalue weighted by Gasteiger charge is -2.11. The molecule has 0 aliphatic rings. The Labute approximate surface area is 163 Å². The first-order valence-electron chi connectivity index (χ1n) is 8.64. The van der Waals surface area contributed by atoms with Gasteiger partial charge in [-0.25, -0.2) is 13.6 Å². The van der Waals surface area contributed by atoms with Crippen LogP contribution >= 0.6 is 0 Å². The maximum absolute atomic E-state index is 11.4. The van der Waals surface area contributed by atoms with Gasteiger partial charge in [0.2, 0.25) is 10.0 Å². The van der Waals surface area contributed by atoms with Crippen LogP contribution in [0.4, 0.5) is 11.5 Å². The van der Waals surface area contributed by atoms with Gasteiger partial charge in [-0.2, -0.15) is 0 Å². The van der Waals surface area contributed by atoms with Crippen molar-refractivity contribution in [3.05, 3.63) is 78.4 Å². The number of nitrogens with zero attached hydrogens (tertiary/aromatic N) is 2. The van der Waals surface area contributed by atoms with Crippen molar-refractivity contribution in [3.63, 3.8) is 0 Å². The normalized spacial score (nSPS) is 11.5. The number of nitrogens with one attached hydrogen (secondary N) is 1. The van der Waals surface area contributed by atoms with Crippen LogP contribution < -0.4 is 10.5 Å². The van der Waals surface area contributed by atoms with E-state index in [0.717, 1.165) is 22.0 Å². The molecule has 0 fully saturated rings. The quantitative estimate of drug-likeness (QED) is 0.549. The highest BCUT2D eigenvalue weighted by atomic mass is 32.2. The Kier molecular flexibility index (Phi) is 4.54. The molecule has 0 atom stereocenters. The zero-order valence-electron chi connectivity index (χ0n) is 15.1. The van der Waals surface area contributed by atoms with Crippen LogP contribution in [0.3, 0.4) is 0 Å². The molecule has 0 bridgehead atoms. The molecule has 0 aliphatic heterocycles. The summed E-state index contributed by atoms with van der Waals surface area (Å²) >= 11 is 0. The van der Waals surface area contributed by atoms with Gasteiger partial charge in [0, 0.05) is 22.0 Å². The Balaban J connectivity index is 1.75. The van der Waals surface area contributed by atoms with Crippen molar-refractivity contribution in [3.8, 4) is 11.3 Å².